The maximum Gasteiger partial charge on any atom is 0.416 e. The molecule has 2 aromatic rings. The molecule has 1 saturated heterocycles. The fourth-order valence-corrected chi connectivity index (χ4v) is 3.01. The lowest BCUT2D eigenvalue weighted by atomic mass is 10.0. The van der Waals surface area contributed by atoms with Crippen LogP contribution < -0.4 is 15.4 Å². The van der Waals surface area contributed by atoms with Gasteiger partial charge in [0.25, 0.3) is 0 Å². The maximum absolute atomic E-state index is 12.7. The summed E-state index contributed by atoms with van der Waals surface area (Å²) < 4.78 is 43.8. The van der Waals surface area contributed by atoms with E-state index in [4.69, 9.17) is 4.74 Å². The van der Waals surface area contributed by atoms with Crippen LogP contribution in [0.1, 0.15) is 22.3 Å². The van der Waals surface area contributed by atoms with E-state index in [0.29, 0.717) is 18.1 Å². The molecule has 0 aliphatic carbocycles. The standard InChI is InChI=1S/C23H25F3N2O/c1-2-9-29-22-11-18(10-19(12-22)13-27-14-20-15-28-16-20)4-3-17-5-7-21(8-6-17)23(24,25)26/h2-8,10-12,20,27-28H,1,9,13-16H2/b4-3+. The number of hydrogen-bond donors (Lipinski definition) is 2. The van der Waals surface area contributed by atoms with Gasteiger partial charge in [-0.3, -0.25) is 0 Å². The minimum absolute atomic E-state index is 0.409. The highest BCUT2D eigenvalue weighted by Gasteiger charge is 2.29. The lowest BCUT2D eigenvalue weighted by molar-refractivity contribution is -0.137. The lowest BCUT2D eigenvalue weighted by Crippen LogP contribution is -2.47. The average Bonchev–Trinajstić information content (AvgIpc) is 2.66. The largest absolute Gasteiger partial charge is 0.490 e. The third-order valence-corrected chi connectivity index (χ3v) is 4.69. The van der Waals surface area contributed by atoms with Crippen LogP contribution in [0.15, 0.2) is 55.1 Å². The molecule has 3 rings (SSSR count). The molecule has 0 bridgehead atoms. The van der Waals surface area contributed by atoms with Gasteiger partial charge in [0.15, 0.2) is 0 Å². The first-order valence-corrected chi connectivity index (χ1v) is 9.58. The Balaban J connectivity index is 1.70. The van der Waals surface area contributed by atoms with Crippen molar-refractivity contribution in [2.45, 2.75) is 12.7 Å². The third kappa shape index (κ3) is 6.48. The zero-order valence-electron chi connectivity index (χ0n) is 16.1. The topological polar surface area (TPSA) is 33.3 Å². The van der Waals surface area contributed by atoms with Gasteiger partial charge in [0.1, 0.15) is 12.4 Å². The fraction of sp³-hybridized carbons (Fsp3) is 0.304. The Morgan fingerprint density at radius 2 is 1.79 bits per heavy atom. The summed E-state index contributed by atoms with van der Waals surface area (Å²) in [4.78, 5) is 0. The molecular weight excluding hydrogens is 377 g/mol. The van der Waals surface area contributed by atoms with E-state index < -0.39 is 11.7 Å². The minimum Gasteiger partial charge on any atom is -0.490 e. The van der Waals surface area contributed by atoms with E-state index >= 15 is 0 Å². The summed E-state index contributed by atoms with van der Waals surface area (Å²) in [6, 6.07) is 11.1. The van der Waals surface area contributed by atoms with Crippen molar-refractivity contribution in [3.05, 3.63) is 77.4 Å². The van der Waals surface area contributed by atoms with Crippen LogP contribution in [0.25, 0.3) is 12.2 Å². The molecule has 154 valence electrons. The first-order valence-electron chi connectivity index (χ1n) is 9.58. The zero-order chi connectivity index (χ0) is 20.7. The Hall–Kier alpha value is -2.57. The van der Waals surface area contributed by atoms with Gasteiger partial charge in [-0.05, 0) is 46.9 Å². The second-order valence-corrected chi connectivity index (χ2v) is 7.12. The zero-order valence-corrected chi connectivity index (χ0v) is 16.1. The van der Waals surface area contributed by atoms with Crippen molar-refractivity contribution in [2.75, 3.05) is 26.2 Å². The molecule has 0 aromatic heterocycles. The van der Waals surface area contributed by atoms with E-state index in [9.17, 15) is 13.2 Å². The Kier molecular flexibility index (Phi) is 7.12. The number of halogens is 3. The summed E-state index contributed by atoms with van der Waals surface area (Å²) in [7, 11) is 0. The highest BCUT2D eigenvalue weighted by molar-refractivity contribution is 5.70. The summed E-state index contributed by atoms with van der Waals surface area (Å²) in [5.74, 6) is 1.41. The SMILES string of the molecule is C=CCOc1cc(/C=C/c2ccc(C(F)(F)F)cc2)cc(CNCC2CNC2)c1. The fourth-order valence-electron chi connectivity index (χ4n) is 3.01. The molecule has 1 heterocycles. The van der Waals surface area contributed by atoms with Gasteiger partial charge in [-0.1, -0.05) is 43.0 Å². The predicted octanol–water partition coefficient (Wildman–Crippen LogP) is 4.75. The molecule has 29 heavy (non-hydrogen) atoms. The van der Waals surface area contributed by atoms with Crippen molar-refractivity contribution in [1.29, 1.82) is 0 Å². The molecule has 2 N–H and O–H groups in total. The molecule has 0 radical (unpaired) electrons. The number of ether oxygens (including phenoxy) is 1. The molecule has 0 saturated carbocycles. The lowest BCUT2D eigenvalue weighted by Gasteiger charge is -2.27. The van der Waals surface area contributed by atoms with Gasteiger partial charge in [0.05, 0.1) is 5.56 Å². The van der Waals surface area contributed by atoms with Gasteiger partial charge in [-0.15, -0.1) is 0 Å². The van der Waals surface area contributed by atoms with Gasteiger partial charge < -0.3 is 15.4 Å². The summed E-state index contributed by atoms with van der Waals surface area (Å²) in [5.41, 5.74) is 2.07. The molecule has 2 aromatic carbocycles. The molecule has 1 aliphatic heterocycles. The predicted molar refractivity (Wildman–Crippen MR) is 111 cm³/mol. The van der Waals surface area contributed by atoms with Gasteiger partial charge >= 0.3 is 6.18 Å². The third-order valence-electron chi connectivity index (χ3n) is 4.69. The van der Waals surface area contributed by atoms with E-state index in [-0.39, 0.29) is 0 Å². The van der Waals surface area contributed by atoms with Gasteiger partial charge in [-0.2, -0.15) is 13.2 Å². The Bertz CT molecular complexity index is 840. The monoisotopic (exact) mass is 402 g/mol. The molecule has 0 unspecified atom stereocenters. The smallest absolute Gasteiger partial charge is 0.416 e. The van der Waals surface area contributed by atoms with Crippen LogP contribution in [-0.4, -0.2) is 26.2 Å². The molecule has 0 amide bonds. The Labute approximate surface area is 169 Å². The van der Waals surface area contributed by atoms with Crippen LogP contribution in [0.3, 0.4) is 0 Å². The molecule has 1 fully saturated rings. The highest BCUT2D eigenvalue weighted by Crippen LogP contribution is 2.29. The van der Waals surface area contributed by atoms with Crippen molar-refractivity contribution >= 4 is 12.2 Å². The van der Waals surface area contributed by atoms with Crippen molar-refractivity contribution in [1.82, 2.24) is 10.6 Å². The van der Waals surface area contributed by atoms with Crippen LogP contribution >= 0.6 is 0 Å². The van der Waals surface area contributed by atoms with Crippen LogP contribution in [-0.2, 0) is 12.7 Å². The van der Waals surface area contributed by atoms with E-state index in [2.05, 4.69) is 17.2 Å². The van der Waals surface area contributed by atoms with Gasteiger partial charge in [0.2, 0.25) is 0 Å². The summed E-state index contributed by atoms with van der Waals surface area (Å²) in [6.45, 7) is 7.87. The molecule has 3 nitrogen and oxygen atoms in total. The Morgan fingerprint density at radius 3 is 2.41 bits per heavy atom. The van der Waals surface area contributed by atoms with Gasteiger partial charge in [0, 0.05) is 26.2 Å². The molecule has 1 aliphatic rings. The number of nitrogens with one attached hydrogen (secondary N) is 2. The van der Waals surface area contributed by atoms with Crippen LogP contribution in [0.5, 0.6) is 5.75 Å². The molecule has 0 spiro atoms. The first-order chi connectivity index (χ1) is 13.9. The van der Waals surface area contributed by atoms with Crippen molar-refractivity contribution < 1.29 is 17.9 Å². The van der Waals surface area contributed by atoms with Crippen LogP contribution in [0, 0.1) is 5.92 Å². The van der Waals surface area contributed by atoms with E-state index in [1.807, 2.05) is 24.3 Å². The average molecular weight is 402 g/mol. The number of benzene rings is 2. The van der Waals surface area contributed by atoms with Crippen molar-refractivity contribution in [2.24, 2.45) is 5.92 Å². The number of alkyl halides is 3. The second kappa shape index (κ2) is 9.76. The summed E-state index contributed by atoms with van der Waals surface area (Å²) >= 11 is 0. The Morgan fingerprint density at radius 1 is 1.07 bits per heavy atom. The van der Waals surface area contributed by atoms with Crippen LogP contribution in [0.4, 0.5) is 13.2 Å². The molecule has 6 heteroatoms. The quantitative estimate of drug-likeness (QED) is 0.469. The van der Waals surface area contributed by atoms with Gasteiger partial charge in [-0.25, -0.2) is 0 Å². The highest BCUT2D eigenvalue weighted by atomic mass is 19.4. The van der Waals surface area contributed by atoms with E-state index in [1.54, 1.807) is 12.2 Å². The number of rotatable bonds is 9. The normalized spacial score (nSPS) is 14.7. The van der Waals surface area contributed by atoms with Crippen molar-refractivity contribution in [3.63, 3.8) is 0 Å². The van der Waals surface area contributed by atoms with E-state index in [0.717, 1.165) is 55.2 Å². The maximum atomic E-state index is 12.7. The molecule has 0 atom stereocenters. The van der Waals surface area contributed by atoms with Crippen LogP contribution in [0.2, 0.25) is 0 Å². The molecular formula is C23H25F3N2O. The first kappa shape index (κ1) is 21.1. The summed E-state index contributed by atoms with van der Waals surface area (Å²) in [5, 5.41) is 6.72. The van der Waals surface area contributed by atoms with Crippen molar-refractivity contribution in [3.8, 4) is 5.75 Å². The number of hydrogen-bond acceptors (Lipinski definition) is 3. The minimum atomic E-state index is -4.32. The second-order valence-electron chi connectivity index (χ2n) is 7.12. The van der Waals surface area contributed by atoms with E-state index in [1.165, 1.54) is 12.1 Å². The summed E-state index contributed by atoms with van der Waals surface area (Å²) in [6.07, 6.45) is 1.04.